The summed E-state index contributed by atoms with van der Waals surface area (Å²) in [5.41, 5.74) is 0.0909. The zero-order valence-electron chi connectivity index (χ0n) is 10.8. The predicted octanol–water partition coefficient (Wildman–Crippen LogP) is 2.13. The molecule has 1 aromatic heterocycles. The van der Waals surface area contributed by atoms with Gasteiger partial charge in [-0.25, -0.2) is 4.79 Å². The third-order valence-corrected chi connectivity index (χ3v) is 3.07. The molecule has 0 aliphatic rings. The number of fused-ring (bicyclic) bond motifs is 1. The zero-order chi connectivity index (χ0) is 13.1. The van der Waals surface area contributed by atoms with Crippen molar-refractivity contribution in [3.8, 4) is 0 Å². The van der Waals surface area contributed by atoms with Crippen LogP contribution in [-0.4, -0.2) is 9.55 Å². The van der Waals surface area contributed by atoms with E-state index in [1.54, 1.807) is 16.7 Å². The van der Waals surface area contributed by atoms with E-state index in [1.807, 2.05) is 12.1 Å². The number of hydrogen-bond donors (Lipinski definition) is 1. The molecular weight excluding hydrogens is 228 g/mol. The topological polar surface area (TPSA) is 54.9 Å². The Hall–Kier alpha value is -1.84. The molecule has 4 nitrogen and oxygen atoms in total. The van der Waals surface area contributed by atoms with E-state index < -0.39 is 0 Å². The molecule has 0 amide bonds. The van der Waals surface area contributed by atoms with Gasteiger partial charge in [0.05, 0.1) is 10.9 Å². The van der Waals surface area contributed by atoms with Gasteiger partial charge < -0.3 is 0 Å². The molecule has 0 atom stereocenters. The molecule has 0 spiro atoms. The van der Waals surface area contributed by atoms with Gasteiger partial charge in [-0.3, -0.25) is 14.3 Å². The van der Waals surface area contributed by atoms with Crippen molar-refractivity contribution in [2.45, 2.75) is 33.2 Å². The summed E-state index contributed by atoms with van der Waals surface area (Å²) in [4.78, 5) is 25.9. The molecule has 2 aromatic rings. The molecule has 0 saturated heterocycles. The second kappa shape index (κ2) is 5.21. The summed E-state index contributed by atoms with van der Waals surface area (Å²) in [6, 6.07) is 7.22. The smallest absolute Gasteiger partial charge is 0.293 e. The lowest BCUT2D eigenvalue weighted by atomic mass is 10.1. The first-order valence-electron chi connectivity index (χ1n) is 6.31. The van der Waals surface area contributed by atoms with Crippen LogP contribution in [0, 0.1) is 5.92 Å². The standard InChI is InChI=1S/C14H18N2O2/c1-10(2)6-5-9-16-12-8-4-3-7-11(12)13(17)15-14(16)18/h3-4,7-8,10H,5-6,9H2,1-2H3,(H,15,17,18). The highest BCUT2D eigenvalue weighted by Gasteiger charge is 2.06. The SMILES string of the molecule is CC(C)CCCn1c(=O)[nH]c(=O)c2ccccc21. The number of para-hydroxylation sites is 1. The maximum absolute atomic E-state index is 11.8. The van der Waals surface area contributed by atoms with Crippen molar-refractivity contribution < 1.29 is 0 Å². The Labute approximate surface area is 105 Å². The number of nitrogens with zero attached hydrogens (tertiary/aromatic N) is 1. The number of rotatable bonds is 4. The first-order chi connectivity index (χ1) is 8.59. The van der Waals surface area contributed by atoms with E-state index in [9.17, 15) is 9.59 Å². The molecule has 0 fully saturated rings. The highest BCUT2D eigenvalue weighted by atomic mass is 16.2. The Morgan fingerprint density at radius 1 is 1.22 bits per heavy atom. The number of nitrogens with one attached hydrogen (secondary N) is 1. The molecule has 2 rings (SSSR count). The summed E-state index contributed by atoms with van der Waals surface area (Å²) in [5, 5.41) is 0.571. The van der Waals surface area contributed by atoms with Gasteiger partial charge in [0.1, 0.15) is 0 Å². The summed E-state index contributed by atoms with van der Waals surface area (Å²) >= 11 is 0. The fourth-order valence-corrected chi connectivity index (χ4v) is 2.12. The highest BCUT2D eigenvalue weighted by molar-refractivity contribution is 5.77. The van der Waals surface area contributed by atoms with Crippen LogP contribution in [0.3, 0.4) is 0 Å². The molecule has 0 unspecified atom stereocenters. The second-order valence-electron chi connectivity index (χ2n) is 4.96. The summed E-state index contributed by atoms with van der Waals surface area (Å²) < 4.78 is 1.65. The minimum absolute atomic E-state index is 0.310. The number of H-pyrrole nitrogens is 1. The Kier molecular flexibility index (Phi) is 3.65. The van der Waals surface area contributed by atoms with Gasteiger partial charge in [0.15, 0.2) is 0 Å². The van der Waals surface area contributed by atoms with Crippen LogP contribution >= 0.6 is 0 Å². The molecule has 0 radical (unpaired) electrons. The summed E-state index contributed by atoms with van der Waals surface area (Å²) in [5.74, 6) is 0.620. The Morgan fingerprint density at radius 2 is 1.94 bits per heavy atom. The molecule has 0 aliphatic carbocycles. The molecule has 96 valence electrons. The Balaban J connectivity index is 2.43. The van der Waals surface area contributed by atoms with E-state index in [0.29, 0.717) is 17.8 Å². The van der Waals surface area contributed by atoms with Gasteiger partial charge in [0.25, 0.3) is 5.56 Å². The highest BCUT2D eigenvalue weighted by Crippen LogP contribution is 2.09. The van der Waals surface area contributed by atoms with Gasteiger partial charge in [0, 0.05) is 6.54 Å². The molecule has 4 heteroatoms. The maximum atomic E-state index is 11.8. The predicted molar refractivity (Wildman–Crippen MR) is 72.9 cm³/mol. The second-order valence-corrected chi connectivity index (χ2v) is 4.96. The molecular formula is C14H18N2O2. The van der Waals surface area contributed by atoms with E-state index >= 15 is 0 Å². The maximum Gasteiger partial charge on any atom is 0.328 e. The fraction of sp³-hybridized carbons (Fsp3) is 0.429. The zero-order valence-corrected chi connectivity index (χ0v) is 10.8. The van der Waals surface area contributed by atoms with Gasteiger partial charge in [-0.2, -0.15) is 0 Å². The third-order valence-electron chi connectivity index (χ3n) is 3.07. The molecule has 0 bridgehead atoms. The van der Waals surface area contributed by atoms with Crippen LogP contribution in [0.15, 0.2) is 33.9 Å². The van der Waals surface area contributed by atoms with Crippen molar-refractivity contribution in [3.63, 3.8) is 0 Å². The minimum Gasteiger partial charge on any atom is -0.293 e. The molecule has 1 heterocycles. The van der Waals surface area contributed by atoms with Crippen LogP contribution in [-0.2, 0) is 6.54 Å². The van der Waals surface area contributed by atoms with Crippen LogP contribution < -0.4 is 11.2 Å². The van der Waals surface area contributed by atoms with Crippen molar-refractivity contribution in [2.75, 3.05) is 0 Å². The monoisotopic (exact) mass is 246 g/mol. The van der Waals surface area contributed by atoms with Gasteiger partial charge >= 0.3 is 5.69 Å². The van der Waals surface area contributed by atoms with Crippen molar-refractivity contribution in [1.82, 2.24) is 9.55 Å². The number of hydrogen-bond acceptors (Lipinski definition) is 2. The number of aromatic nitrogens is 2. The van der Waals surface area contributed by atoms with E-state index in [0.717, 1.165) is 18.4 Å². The summed E-state index contributed by atoms with van der Waals surface area (Å²) in [6.45, 7) is 4.97. The third kappa shape index (κ3) is 2.53. The molecule has 0 aliphatic heterocycles. The lowest BCUT2D eigenvalue weighted by molar-refractivity contribution is 0.508. The molecule has 1 N–H and O–H groups in total. The summed E-state index contributed by atoms with van der Waals surface area (Å²) in [7, 11) is 0. The van der Waals surface area contributed by atoms with Crippen LogP contribution in [0.1, 0.15) is 26.7 Å². The van der Waals surface area contributed by atoms with E-state index in [2.05, 4.69) is 18.8 Å². The van der Waals surface area contributed by atoms with Gasteiger partial charge in [-0.15, -0.1) is 0 Å². The van der Waals surface area contributed by atoms with Gasteiger partial charge in [-0.05, 0) is 30.9 Å². The van der Waals surface area contributed by atoms with Crippen molar-refractivity contribution in [1.29, 1.82) is 0 Å². The first kappa shape index (κ1) is 12.6. The van der Waals surface area contributed by atoms with E-state index in [1.165, 1.54) is 0 Å². The quantitative estimate of drug-likeness (QED) is 0.898. The fourth-order valence-electron chi connectivity index (χ4n) is 2.12. The Morgan fingerprint density at radius 3 is 2.67 bits per heavy atom. The lowest BCUT2D eigenvalue weighted by Gasteiger charge is -2.10. The average Bonchev–Trinajstić information content (AvgIpc) is 2.33. The van der Waals surface area contributed by atoms with Crippen LogP contribution in [0.4, 0.5) is 0 Å². The van der Waals surface area contributed by atoms with Crippen molar-refractivity contribution in [2.24, 2.45) is 5.92 Å². The molecule has 0 saturated carbocycles. The van der Waals surface area contributed by atoms with Crippen molar-refractivity contribution in [3.05, 3.63) is 45.1 Å². The Bertz CT molecular complexity index is 653. The van der Waals surface area contributed by atoms with Crippen LogP contribution in [0.5, 0.6) is 0 Å². The van der Waals surface area contributed by atoms with Gasteiger partial charge in [0.2, 0.25) is 0 Å². The van der Waals surface area contributed by atoms with Crippen molar-refractivity contribution >= 4 is 10.9 Å². The number of aryl methyl sites for hydroxylation is 1. The van der Waals surface area contributed by atoms with Crippen LogP contribution in [0.25, 0.3) is 10.9 Å². The van der Waals surface area contributed by atoms with E-state index in [-0.39, 0.29) is 11.2 Å². The molecule has 18 heavy (non-hydrogen) atoms. The summed E-state index contributed by atoms with van der Waals surface area (Å²) in [6.07, 6.45) is 2.01. The largest absolute Gasteiger partial charge is 0.328 e. The van der Waals surface area contributed by atoms with E-state index in [4.69, 9.17) is 0 Å². The average molecular weight is 246 g/mol. The first-order valence-corrected chi connectivity index (χ1v) is 6.31. The minimum atomic E-state index is -0.317. The van der Waals surface area contributed by atoms with Crippen LogP contribution in [0.2, 0.25) is 0 Å². The number of aromatic amines is 1. The molecule has 1 aromatic carbocycles. The normalized spacial score (nSPS) is 11.3. The van der Waals surface area contributed by atoms with Gasteiger partial charge in [-0.1, -0.05) is 26.0 Å². The number of benzene rings is 1. The lowest BCUT2D eigenvalue weighted by Crippen LogP contribution is -2.30.